The molecule has 106 valence electrons. The van der Waals surface area contributed by atoms with Gasteiger partial charge in [0.2, 0.25) is 0 Å². The third kappa shape index (κ3) is 4.84. The van der Waals surface area contributed by atoms with Crippen LogP contribution in [0.4, 0.5) is 4.79 Å². The summed E-state index contributed by atoms with van der Waals surface area (Å²) in [5.41, 5.74) is -0.407. The normalized spacial score (nSPS) is 22.4. The van der Waals surface area contributed by atoms with Crippen molar-refractivity contribution in [2.45, 2.75) is 53.2 Å². The molecule has 1 heterocycles. The Morgan fingerprint density at radius 1 is 1.33 bits per heavy atom. The van der Waals surface area contributed by atoms with E-state index in [9.17, 15) is 4.79 Å². The molecule has 1 rings (SSSR count). The Labute approximate surface area is 111 Å². The molecule has 1 fully saturated rings. The number of piperazine rings is 1. The fraction of sp³-hybridized carbons (Fsp3) is 0.929. The number of carbonyl (C=O) groups is 1. The Kier molecular flexibility index (Phi) is 5.02. The van der Waals surface area contributed by atoms with Crippen molar-refractivity contribution in [2.75, 3.05) is 26.2 Å². The minimum Gasteiger partial charge on any atom is -0.444 e. The molecule has 1 aliphatic rings. The van der Waals surface area contributed by atoms with Crippen LogP contribution in [0.25, 0.3) is 0 Å². The van der Waals surface area contributed by atoms with Gasteiger partial charge in [-0.05, 0) is 33.6 Å². The average Bonchev–Trinajstić information content (AvgIpc) is 2.17. The molecule has 0 aromatic rings. The molecule has 0 aromatic heterocycles. The van der Waals surface area contributed by atoms with Crippen LogP contribution in [0.15, 0.2) is 0 Å². The summed E-state index contributed by atoms with van der Waals surface area (Å²) < 4.78 is 5.41. The first kappa shape index (κ1) is 15.3. The Bertz CT molecular complexity index is 284. The number of rotatable bonds is 2. The zero-order chi connectivity index (χ0) is 13.9. The largest absolute Gasteiger partial charge is 0.444 e. The Morgan fingerprint density at radius 2 is 1.94 bits per heavy atom. The van der Waals surface area contributed by atoms with E-state index in [-0.39, 0.29) is 6.09 Å². The maximum absolute atomic E-state index is 12.0. The van der Waals surface area contributed by atoms with E-state index in [0.717, 1.165) is 26.2 Å². The molecule has 4 heteroatoms. The third-order valence-corrected chi connectivity index (χ3v) is 3.02. The van der Waals surface area contributed by atoms with Gasteiger partial charge in [0.05, 0.1) is 0 Å². The molecule has 0 aliphatic carbocycles. The van der Waals surface area contributed by atoms with E-state index in [1.54, 1.807) is 0 Å². The highest BCUT2D eigenvalue weighted by atomic mass is 16.6. The quantitative estimate of drug-likeness (QED) is 0.761. The summed E-state index contributed by atoms with van der Waals surface area (Å²) >= 11 is 0. The second kappa shape index (κ2) is 5.91. The highest BCUT2D eigenvalue weighted by molar-refractivity contribution is 5.68. The van der Waals surface area contributed by atoms with Gasteiger partial charge < -0.3 is 9.64 Å². The van der Waals surface area contributed by atoms with Gasteiger partial charge >= 0.3 is 6.09 Å². The van der Waals surface area contributed by atoms with Crippen LogP contribution in [0.2, 0.25) is 0 Å². The van der Waals surface area contributed by atoms with Gasteiger partial charge in [-0.25, -0.2) is 4.79 Å². The zero-order valence-corrected chi connectivity index (χ0v) is 12.7. The maximum atomic E-state index is 12.0. The number of carbonyl (C=O) groups excluding carboxylic acids is 1. The van der Waals surface area contributed by atoms with Crippen molar-refractivity contribution in [3.05, 3.63) is 0 Å². The van der Waals surface area contributed by atoms with Gasteiger partial charge in [0.25, 0.3) is 0 Å². The van der Waals surface area contributed by atoms with Crippen LogP contribution in [-0.4, -0.2) is 53.7 Å². The van der Waals surface area contributed by atoms with E-state index in [4.69, 9.17) is 4.74 Å². The molecule has 0 N–H and O–H groups in total. The third-order valence-electron chi connectivity index (χ3n) is 3.02. The van der Waals surface area contributed by atoms with Gasteiger partial charge in [-0.2, -0.15) is 0 Å². The summed E-state index contributed by atoms with van der Waals surface area (Å²) in [6, 6.07) is 0.411. The topological polar surface area (TPSA) is 32.8 Å². The minimum atomic E-state index is -0.407. The number of amides is 1. The molecular formula is C14H28N2O2. The van der Waals surface area contributed by atoms with Crippen LogP contribution in [0.5, 0.6) is 0 Å². The lowest BCUT2D eigenvalue weighted by Crippen LogP contribution is -2.55. The summed E-state index contributed by atoms with van der Waals surface area (Å²) in [5.74, 6) is 0.667. The fourth-order valence-corrected chi connectivity index (χ4v) is 2.23. The van der Waals surface area contributed by atoms with Gasteiger partial charge in [-0.3, -0.25) is 4.90 Å². The van der Waals surface area contributed by atoms with Crippen molar-refractivity contribution in [1.29, 1.82) is 0 Å². The standard InChI is InChI=1S/C14H28N2O2/c1-11(2)9-15-7-8-16(10-12(15)3)13(17)18-14(4,5)6/h11-12H,7-10H2,1-6H3/t12-/m0/s1. The van der Waals surface area contributed by atoms with Crippen LogP contribution in [0.1, 0.15) is 41.5 Å². The van der Waals surface area contributed by atoms with Crippen molar-refractivity contribution in [3.63, 3.8) is 0 Å². The van der Waals surface area contributed by atoms with Gasteiger partial charge in [-0.1, -0.05) is 13.8 Å². The average molecular weight is 256 g/mol. The van der Waals surface area contributed by atoms with Crippen molar-refractivity contribution < 1.29 is 9.53 Å². The van der Waals surface area contributed by atoms with E-state index in [0.29, 0.717) is 12.0 Å². The van der Waals surface area contributed by atoms with Crippen LogP contribution in [0.3, 0.4) is 0 Å². The van der Waals surface area contributed by atoms with E-state index in [1.165, 1.54) is 0 Å². The molecule has 1 atom stereocenters. The minimum absolute atomic E-state index is 0.182. The van der Waals surface area contributed by atoms with Crippen molar-refractivity contribution in [2.24, 2.45) is 5.92 Å². The molecule has 0 radical (unpaired) electrons. The first-order chi connectivity index (χ1) is 8.19. The number of ether oxygens (including phenoxy) is 1. The lowest BCUT2D eigenvalue weighted by atomic mass is 10.1. The molecule has 1 aliphatic heterocycles. The lowest BCUT2D eigenvalue weighted by molar-refractivity contribution is 0.00433. The van der Waals surface area contributed by atoms with Crippen LogP contribution < -0.4 is 0 Å². The Balaban J connectivity index is 2.48. The fourth-order valence-electron chi connectivity index (χ4n) is 2.23. The molecule has 0 aromatic carbocycles. The van der Waals surface area contributed by atoms with E-state index >= 15 is 0 Å². The summed E-state index contributed by atoms with van der Waals surface area (Å²) in [7, 11) is 0. The van der Waals surface area contributed by atoms with Gasteiger partial charge in [0.15, 0.2) is 0 Å². The summed E-state index contributed by atoms with van der Waals surface area (Å²) in [6.45, 7) is 15.9. The monoisotopic (exact) mass is 256 g/mol. The zero-order valence-electron chi connectivity index (χ0n) is 12.7. The van der Waals surface area contributed by atoms with Crippen molar-refractivity contribution in [3.8, 4) is 0 Å². The van der Waals surface area contributed by atoms with E-state index in [1.807, 2.05) is 25.7 Å². The summed E-state index contributed by atoms with van der Waals surface area (Å²) in [6.07, 6.45) is -0.182. The Hall–Kier alpha value is -0.770. The molecule has 1 amide bonds. The van der Waals surface area contributed by atoms with Gasteiger partial charge in [0.1, 0.15) is 5.60 Å². The molecule has 0 spiro atoms. The first-order valence-electron chi connectivity index (χ1n) is 6.91. The number of hydrogen-bond donors (Lipinski definition) is 0. The number of hydrogen-bond acceptors (Lipinski definition) is 3. The lowest BCUT2D eigenvalue weighted by Gasteiger charge is -2.40. The van der Waals surface area contributed by atoms with Gasteiger partial charge in [-0.15, -0.1) is 0 Å². The molecular weight excluding hydrogens is 228 g/mol. The first-order valence-corrected chi connectivity index (χ1v) is 6.91. The highest BCUT2D eigenvalue weighted by Gasteiger charge is 2.29. The Morgan fingerprint density at radius 3 is 2.39 bits per heavy atom. The molecule has 18 heavy (non-hydrogen) atoms. The molecule has 1 saturated heterocycles. The maximum Gasteiger partial charge on any atom is 0.410 e. The predicted molar refractivity (Wildman–Crippen MR) is 73.7 cm³/mol. The van der Waals surface area contributed by atoms with Crippen LogP contribution in [0, 0.1) is 5.92 Å². The second-order valence-electron chi connectivity index (χ2n) is 6.66. The van der Waals surface area contributed by atoms with Crippen LogP contribution in [-0.2, 0) is 4.74 Å². The number of nitrogens with zero attached hydrogens (tertiary/aromatic N) is 2. The summed E-state index contributed by atoms with van der Waals surface area (Å²) in [4.78, 5) is 16.2. The second-order valence-corrected chi connectivity index (χ2v) is 6.66. The van der Waals surface area contributed by atoms with E-state index in [2.05, 4.69) is 25.7 Å². The summed E-state index contributed by atoms with van der Waals surface area (Å²) in [5, 5.41) is 0. The van der Waals surface area contributed by atoms with Crippen molar-refractivity contribution >= 4 is 6.09 Å². The van der Waals surface area contributed by atoms with Crippen LogP contribution >= 0.6 is 0 Å². The molecule has 4 nitrogen and oxygen atoms in total. The SMILES string of the molecule is CC(C)CN1CCN(C(=O)OC(C)(C)C)C[C@@H]1C. The molecule has 0 bridgehead atoms. The van der Waals surface area contributed by atoms with E-state index < -0.39 is 5.60 Å². The predicted octanol–water partition coefficient (Wildman–Crippen LogP) is 2.58. The molecule has 0 unspecified atom stereocenters. The molecule has 0 saturated carbocycles. The van der Waals surface area contributed by atoms with Gasteiger partial charge in [0, 0.05) is 32.2 Å². The highest BCUT2D eigenvalue weighted by Crippen LogP contribution is 2.15. The van der Waals surface area contributed by atoms with Crippen molar-refractivity contribution in [1.82, 2.24) is 9.80 Å². The smallest absolute Gasteiger partial charge is 0.410 e.